The van der Waals surface area contributed by atoms with E-state index >= 15 is 0 Å². The fraction of sp³-hybridized carbons (Fsp3) is 0.167. The Labute approximate surface area is 360 Å². The lowest BCUT2D eigenvalue weighted by atomic mass is 9.77. The third kappa shape index (κ3) is 8.52. The molecule has 6 aromatic rings. The number of aromatic nitrogens is 4. The molecular weight excluding hydrogens is 837 g/mol. The Kier molecular flexibility index (Phi) is 11.2. The second kappa shape index (κ2) is 17.0. The second-order valence-electron chi connectivity index (χ2n) is 14.3. The van der Waals surface area contributed by atoms with Gasteiger partial charge in [-0.05, 0) is 79.3 Å². The van der Waals surface area contributed by atoms with Crippen LogP contribution in [0.4, 0.5) is 17.3 Å². The molecule has 2 amide bonds. The number of phenolic OH excluding ortho intramolecular Hbond substituents is 2. The summed E-state index contributed by atoms with van der Waals surface area (Å²) >= 11 is 5.43. The fourth-order valence-electron chi connectivity index (χ4n) is 7.19. The molecule has 21 heteroatoms. The van der Waals surface area contributed by atoms with Crippen LogP contribution in [0.5, 0.6) is 23.0 Å². The minimum atomic E-state index is -1.41. The first-order valence-electron chi connectivity index (χ1n) is 19.2. The van der Waals surface area contributed by atoms with Gasteiger partial charge in [-0.25, -0.2) is 19.6 Å². The van der Waals surface area contributed by atoms with Crippen molar-refractivity contribution < 1.29 is 44.0 Å². The molecule has 1 atom stereocenters. The number of fused-ring (bicyclic) bond motifs is 7. The summed E-state index contributed by atoms with van der Waals surface area (Å²) in [6.07, 6.45) is 1.09. The highest BCUT2D eigenvalue weighted by atomic mass is 32.1. The van der Waals surface area contributed by atoms with Crippen LogP contribution in [0.1, 0.15) is 55.9 Å². The van der Waals surface area contributed by atoms with E-state index < -0.39 is 41.0 Å². The van der Waals surface area contributed by atoms with Crippen molar-refractivity contribution in [2.75, 3.05) is 29.5 Å². The first-order valence-corrected chi connectivity index (χ1v) is 19.6. The summed E-state index contributed by atoms with van der Waals surface area (Å²) in [6.45, 7) is 0.533. The van der Waals surface area contributed by atoms with Crippen molar-refractivity contribution in [3.63, 3.8) is 0 Å². The van der Waals surface area contributed by atoms with E-state index in [9.17, 15) is 39.3 Å². The van der Waals surface area contributed by atoms with E-state index in [-0.39, 0.29) is 88.8 Å². The molecule has 0 fully saturated rings. The number of nitrogens with zero attached hydrogens (tertiary/aromatic N) is 3. The maximum absolute atomic E-state index is 13.4. The molecule has 4 aromatic carbocycles. The van der Waals surface area contributed by atoms with E-state index in [4.69, 9.17) is 27.4 Å². The van der Waals surface area contributed by atoms with Gasteiger partial charge >= 0.3 is 11.9 Å². The number of thiocarbonyl (C=S) groups is 1. The number of hydrogen-bond donors (Lipinski definition) is 10. The molecule has 2 aliphatic rings. The number of carbonyl (C=O) groups is 4. The standard InChI is InChI=1S/C42H36N10O10S/c43-40-51-35-34(37(57)52-40)48-23(19-47-35)18-46-21-3-1-20(2-4-21)36(56)50-30(38(58)59)11-12-33(55)44-13-14-45-41(63)49-22-5-8-27-26(15-22)39(60)62-42(27)28-9-6-24(53)16-31(28)61-32-17-25(54)7-10-29(32)42/h1-10,15-17,19,30,46,53-54H,11-14,18H2,(H,44,55)(H,50,56)(H,58,59)(H2,45,49,63)(H3,43,47,51,52,57)/t30-/m1/s1. The van der Waals surface area contributed by atoms with Crippen LogP contribution in [0.15, 0.2) is 89.9 Å². The lowest BCUT2D eigenvalue weighted by molar-refractivity contribution is -0.139. The van der Waals surface area contributed by atoms with Crippen molar-refractivity contribution in [3.05, 3.63) is 129 Å². The van der Waals surface area contributed by atoms with E-state index in [1.165, 1.54) is 42.6 Å². The Balaban J connectivity index is 0.792. The number of hydrogen-bond acceptors (Lipinski definition) is 15. The number of ether oxygens (including phenoxy) is 2. The molecule has 8 rings (SSSR count). The molecule has 0 aliphatic carbocycles. The van der Waals surface area contributed by atoms with Gasteiger partial charge in [0.1, 0.15) is 29.0 Å². The highest BCUT2D eigenvalue weighted by Gasteiger charge is 2.53. The number of carboxylic acid groups (broad SMARTS) is 1. The van der Waals surface area contributed by atoms with Crippen LogP contribution in [0.2, 0.25) is 0 Å². The van der Waals surface area contributed by atoms with Gasteiger partial charge in [-0.15, -0.1) is 0 Å². The molecule has 0 saturated heterocycles. The number of nitrogens with one attached hydrogen (secondary N) is 6. The van der Waals surface area contributed by atoms with Crippen LogP contribution in [0.3, 0.4) is 0 Å². The van der Waals surface area contributed by atoms with Crippen molar-refractivity contribution >= 4 is 69.6 Å². The summed E-state index contributed by atoms with van der Waals surface area (Å²) in [5.41, 5.74) is 7.24. The molecule has 0 radical (unpaired) electrons. The number of anilines is 3. The largest absolute Gasteiger partial charge is 0.508 e. The van der Waals surface area contributed by atoms with Gasteiger partial charge < -0.3 is 57.1 Å². The maximum atomic E-state index is 13.4. The van der Waals surface area contributed by atoms with Gasteiger partial charge in [0.15, 0.2) is 21.9 Å². The normalized spacial score (nSPS) is 13.4. The number of amides is 2. The van der Waals surface area contributed by atoms with Crippen LogP contribution >= 0.6 is 12.2 Å². The minimum absolute atomic E-state index is 0.0374. The molecule has 1 spiro atoms. The summed E-state index contributed by atoms with van der Waals surface area (Å²) < 4.78 is 12.1. The average Bonchev–Trinajstić information content (AvgIpc) is 3.53. The summed E-state index contributed by atoms with van der Waals surface area (Å²) in [6, 6.07) is 18.9. The van der Waals surface area contributed by atoms with Gasteiger partial charge in [0.25, 0.3) is 11.5 Å². The number of aliphatic carboxylic acids is 1. The Hall–Kier alpha value is -8.33. The Bertz CT molecular complexity index is 2860. The van der Waals surface area contributed by atoms with Crippen molar-refractivity contribution in [1.29, 1.82) is 0 Å². The van der Waals surface area contributed by atoms with E-state index in [0.717, 1.165) is 0 Å². The van der Waals surface area contributed by atoms with Gasteiger partial charge in [-0.3, -0.25) is 19.4 Å². The van der Waals surface area contributed by atoms with Gasteiger partial charge in [-0.1, -0.05) is 6.07 Å². The highest BCUT2D eigenvalue weighted by Crippen LogP contribution is 2.57. The molecule has 0 bridgehead atoms. The Morgan fingerprint density at radius 1 is 0.857 bits per heavy atom. The molecule has 20 nitrogen and oxygen atoms in total. The number of rotatable bonds is 13. The third-order valence-electron chi connectivity index (χ3n) is 10.1. The van der Waals surface area contributed by atoms with E-state index in [2.05, 4.69) is 46.5 Å². The van der Waals surface area contributed by atoms with E-state index in [0.29, 0.717) is 33.8 Å². The summed E-state index contributed by atoms with van der Waals surface area (Å²) in [4.78, 5) is 77.7. The first-order chi connectivity index (χ1) is 30.3. The molecule has 0 unspecified atom stereocenters. The van der Waals surface area contributed by atoms with Crippen LogP contribution in [0, 0.1) is 0 Å². The average molecular weight is 873 g/mol. The molecule has 63 heavy (non-hydrogen) atoms. The molecule has 11 N–H and O–H groups in total. The second-order valence-corrected chi connectivity index (χ2v) is 14.8. The number of aromatic amines is 1. The number of carbonyl (C=O) groups excluding carboxylic acids is 3. The zero-order chi connectivity index (χ0) is 44.4. The summed E-state index contributed by atoms with van der Waals surface area (Å²) in [7, 11) is 0. The molecule has 0 saturated carbocycles. The van der Waals surface area contributed by atoms with Crippen molar-refractivity contribution in [2.45, 2.75) is 31.0 Å². The van der Waals surface area contributed by atoms with Crippen LogP contribution in [0.25, 0.3) is 11.2 Å². The number of esters is 1. The predicted octanol–water partition coefficient (Wildman–Crippen LogP) is 2.95. The molecular formula is C42H36N10O10S. The van der Waals surface area contributed by atoms with Gasteiger partial charge in [0, 0.05) is 65.3 Å². The molecule has 320 valence electrons. The fourth-order valence-corrected chi connectivity index (χ4v) is 7.41. The summed E-state index contributed by atoms with van der Waals surface area (Å²) in [5.74, 6) is -2.67. The number of benzene rings is 4. The molecule has 4 heterocycles. The highest BCUT2D eigenvalue weighted by molar-refractivity contribution is 7.80. The van der Waals surface area contributed by atoms with Crippen LogP contribution in [-0.4, -0.2) is 83.3 Å². The number of phenols is 2. The topological polar surface area (TPSA) is 305 Å². The minimum Gasteiger partial charge on any atom is -0.508 e. The van der Waals surface area contributed by atoms with E-state index in [1.54, 1.807) is 42.5 Å². The lowest BCUT2D eigenvalue weighted by Gasteiger charge is -2.36. The van der Waals surface area contributed by atoms with Gasteiger partial charge in [0.05, 0.1) is 24.0 Å². The van der Waals surface area contributed by atoms with Crippen molar-refractivity contribution in [3.8, 4) is 23.0 Å². The van der Waals surface area contributed by atoms with Crippen molar-refractivity contribution in [2.24, 2.45) is 0 Å². The zero-order valence-corrected chi connectivity index (χ0v) is 33.5. The quantitative estimate of drug-likeness (QED) is 0.0453. The van der Waals surface area contributed by atoms with E-state index in [1.807, 2.05) is 0 Å². The number of nitrogens with two attached hydrogens (primary N) is 1. The number of carboxylic acids is 1. The van der Waals surface area contributed by atoms with Gasteiger partial charge in [-0.2, -0.15) is 4.98 Å². The van der Waals surface area contributed by atoms with Gasteiger partial charge in [0.2, 0.25) is 11.9 Å². The maximum Gasteiger partial charge on any atom is 0.340 e. The summed E-state index contributed by atoms with van der Waals surface area (Å²) in [5, 5.41) is 44.4. The number of aromatic hydroxyl groups is 2. The predicted molar refractivity (Wildman–Crippen MR) is 230 cm³/mol. The van der Waals surface area contributed by atoms with Crippen LogP contribution < -0.4 is 42.6 Å². The SMILES string of the molecule is Nc1nc2ncc(CNc3ccc(C(=O)N[C@H](CCC(=O)NCCNC(=S)Nc4ccc5c(c4)C(=O)OC54c5ccc(O)cc5Oc5cc(O)ccc54)C(=O)O)cc3)nc2c(=O)[nH]1. The monoisotopic (exact) mass is 872 g/mol. The van der Waals surface area contributed by atoms with Crippen molar-refractivity contribution in [1.82, 2.24) is 35.9 Å². The number of nitrogen functional groups attached to an aromatic ring is 1. The smallest absolute Gasteiger partial charge is 0.340 e. The number of H-pyrrole nitrogens is 1. The van der Waals surface area contributed by atoms with Crippen LogP contribution in [-0.2, 0) is 26.5 Å². The first kappa shape index (κ1) is 41.4. The Morgan fingerprint density at radius 3 is 2.22 bits per heavy atom. The Morgan fingerprint density at radius 2 is 1.52 bits per heavy atom. The zero-order valence-electron chi connectivity index (χ0n) is 32.7. The molecule has 2 aliphatic heterocycles. The lowest BCUT2D eigenvalue weighted by Crippen LogP contribution is -2.42. The third-order valence-corrected chi connectivity index (χ3v) is 10.4. The molecule has 2 aromatic heterocycles.